The van der Waals surface area contributed by atoms with Crippen molar-refractivity contribution >= 4 is 11.6 Å². The van der Waals surface area contributed by atoms with Crippen LogP contribution in [0.5, 0.6) is 5.75 Å². The molecule has 2 aliphatic rings. The summed E-state index contributed by atoms with van der Waals surface area (Å²) in [5, 5.41) is 0. The molecule has 1 aromatic heterocycles. The number of nitrogens with two attached hydrogens (primary N) is 1. The minimum atomic E-state index is -0.363. The molecule has 6 heteroatoms. The summed E-state index contributed by atoms with van der Waals surface area (Å²) in [5.41, 5.74) is 8.06. The zero-order valence-corrected chi connectivity index (χ0v) is 19.0. The molecule has 0 spiro atoms. The predicted octanol–water partition coefficient (Wildman–Crippen LogP) is 4.91. The molecule has 2 aliphatic carbocycles. The number of nitrogens with zero attached hydrogens (tertiary/aromatic N) is 2. The van der Waals surface area contributed by atoms with E-state index in [4.69, 9.17) is 10.5 Å². The number of anilines is 1. The maximum absolute atomic E-state index is 13.5. The third-order valence-electron chi connectivity index (χ3n) is 7.13. The van der Waals surface area contributed by atoms with Gasteiger partial charge in [-0.1, -0.05) is 26.7 Å². The molecule has 5 nitrogen and oxygen atoms in total. The van der Waals surface area contributed by atoms with Gasteiger partial charge in [-0.25, -0.2) is 4.39 Å². The third-order valence-corrected chi connectivity index (χ3v) is 7.13. The molecule has 0 saturated heterocycles. The number of carbonyl (C=O) groups excluding carboxylic acids is 1. The van der Waals surface area contributed by atoms with Gasteiger partial charge in [-0.05, 0) is 67.5 Å². The van der Waals surface area contributed by atoms with Gasteiger partial charge >= 0.3 is 0 Å². The van der Waals surface area contributed by atoms with Crippen molar-refractivity contribution in [1.82, 2.24) is 4.98 Å². The molecular weight excluding hydrogens is 405 g/mol. The Morgan fingerprint density at radius 3 is 2.59 bits per heavy atom. The normalized spacial score (nSPS) is 22.0. The van der Waals surface area contributed by atoms with E-state index < -0.39 is 0 Å². The quantitative estimate of drug-likeness (QED) is 0.571. The Kier molecular flexibility index (Phi) is 7.09. The second-order valence-corrected chi connectivity index (χ2v) is 9.45. The Bertz CT molecular complexity index is 898. The van der Waals surface area contributed by atoms with E-state index in [2.05, 4.69) is 18.8 Å². The number of carbonyl (C=O) groups is 1. The monoisotopic (exact) mass is 439 g/mol. The molecule has 4 atom stereocenters. The van der Waals surface area contributed by atoms with Gasteiger partial charge < -0.3 is 15.4 Å². The van der Waals surface area contributed by atoms with E-state index in [1.807, 2.05) is 29.2 Å². The molecule has 0 aliphatic heterocycles. The second-order valence-electron chi connectivity index (χ2n) is 9.45. The number of ether oxygens (including phenoxy) is 1. The summed E-state index contributed by atoms with van der Waals surface area (Å²) in [6.45, 7) is 5.46. The minimum absolute atomic E-state index is 0.0375. The highest BCUT2D eigenvalue weighted by Crippen LogP contribution is 2.48. The number of pyridine rings is 1. The highest BCUT2D eigenvalue weighted by Gasteiger charge is 2.47. The van der Waals surface area contributed by atoms with Crippen LogP contribution in [0.15, 0.2) is 42.6 Å². The first kappa shape index (κ1) is 22.7. The van der Waals surface area contributed by atoms with Crippen molar-refractivity contribution in [3.05, 3.63) is 54.1 Å². The Morgan fingerprint density at radius 1 is 1.25 bits per heavy atom. The highest BCUT2D eigenvalue weighted by molar-refractivity contribution is 5.97. The lowest BCUT2D eigenvalue weighted by Gasteiger charge is -2.29. The molecule has 2 aromatic rings. The minimum Gasteiger partial charge on any atom is -0.493 e. The van der Waals surface area contributed by atoms with E-state index in [-0.39, 0.29) is 29.6 Å². The van der Waals surface area contributed by atoms with E-state index in [9.17, 15) is 9.18 Å². The van der Waals surface area contributed by atoms with Crippen LogP contribution < -0.4 is 15.4 Å². The van der Waals surface area contributed by atoms with Crippen LogP contribution in [0.4, 0.5) is 10.1 Å². The average molecular weight is 440 g/mol. The molecular formula is C26H34FN3O2. The molecule has 1 heterocycles. The Hall–Kier alpha value is -2.47. The van der Waals surface area contributed by atoms with Crippen LogP contribution in [-0.4, -0.2) is 30.1 Å². The SMILES string of the molecule is CC[C@H](C)[C@H](N)CN(C(=O)[C@@H]1CC1c1ccc(F)cn1)c1ccc(OCC2CCC2)cc1. The lowest BCUT2D eigenvalue weighted by Crippen LogP contribution is -2.45. The van der Waals surface area contributed by atoms with Gasteiger partial charge in [-0.2, -0.15) is 0 Å². The van der Waals surface area contributed by atoms with Crippen molar-refractivity contribution in [2.75, 3.05) is 18.1 Å². The smallest absolute Gasteiger partial charge is 0.230 e. The first-order valence-electron chi connectivity index (χ1n) is 11.9. The van der Waals surface area contributed by atoms with Gasteiger partial charge in [0.05, 0.1) is 12.8 Å². The van der Waals surface area contributed by atoms with E-state index in [0.29, 0.717) is 18.4 Å². The number of hydrogen-bond acceptors (Lipinski definition) is 4. The number of aromatic nitrogens is 1. The van der Waals surface area contributed by atoms with Crippen molar-refractivity contribution in [1.29, 1.82) is 0 Å². The highest BCUT2D eigenvalue weighted by atomic mass is 19.1. The molecule has 172 valence electrons. The molecule has 2 saturated carbocycles. The Morgan fingerprint density at radius 2 is 2.00 bits per heavy atom. The van der Waals surface area contributed by atoms with Crippen LogP contribution in [-0.2, 0) is 4.79 Å². The van der Waals surface area contributed by atoms with Gasteiger partial charge in [-0.15, -0.1) is 0 Å². The molecule has 0 radical (unpaired) electrons. The van der Waals surface area contributed by atoms with Crippen LogP contribution >= 0.6 is 0 Å². The zero-order valence-electron chi connectivity index (χ0n) is 19.0. The largest absolute Gasteiger partial charge is 0.493 e. The Labute approximate surface area is 190 Å². The molecule has 2 N–H and O–H groups in total. The summed E-state index contributed by atoms with van der Waals surface area (Å²) in [6, 6.07) is 10.7. The van der Waals surface area contributed by atoms with Crippen molar-refractivity contribution in [3.63, 3.8) is 0 Å². The number of rotatable bonds is 10. The molecule has 1 aromatic carbocycles. The van der Waals surface area contributed by atoms with Crippen molar-refractivity contribution in [2.24, 2.45) is 23.5 Å². The maximum atomic E-state index is 13.5. The summed E-state index contributed by atoms with van der Waals surface area (Å²) in [4.78, 5) is 19.5. The van der Waals surface area contributed by atoms with Crippen molar-refractivity contribution in [3.8, 4) is 5.75 Å². The molecule has 32 heavy (non-hydrogen) atoms. The molecule has 0 bridgehead atoms. The van der Waals surface area contributed by atoms with Crippen LogP contribution in [0, 0.1) is 23.6 Å². The summed E-state index contributed by atoms with van der Waals surface area (Å²) >= 11 is 0. The van der Waals surface area contributed by atoms with Crippen molar-refractivity contribution in [2.45, 2.75) is 57.9 Å². The third kappa shape index (κ3) is 5.29. The first-order chi connectivity index (χ1) is 15.5. The van der Waals surface area contributed by atoms with Gasteiger partial charge in [0, 0.05) is 35.8 Å². The van der Waals surface area contributed by atoms with Gasteiger partial charge in [0.15, 0.2) is 0 Å². The summed E-state index contributed by atoms with van der Waals surface area (Å²) in [7, 11) is 0. The number of benzene rings is 1. The van der Waals surface area contributed by atoms with Gasteiger partial charge in [0.2, 0.25) is 5.91 Å². The van der Waals surface area contributed by atoms with E-state index >= 15 is 0 Å². The Balaban J connectivity index is 1.46. The fourth-order valence-electron chi connectivity index (χ4n) is 4.21. The van der Waals surface area contributed by atoms with Crippen LogP contribution in [0.3, 0.4) is 0 Å². The van der Waals surface area contributed by atoms with Crippen LogP contribution in [0.25, 0.3) is 0 Å². The molecule has 1 unspecified atom stereocenters. The summed E-state index contributed by atoms with van der Waals surface area (Å²) < 4.78 is 19.1. The first-order valence-corrected chi connectivity index (χ1v) is 11.9. The molecule has 2 fully saturated rings. The fourth-order valence-corrected chi connectivity index (χ4v) is 4.21. The number of hydrogen-bond donors (Lipinski definition) is 1. The predicted molar refractivity (Wildman–Crippen MR) is 124 cm³/mol. The topological polar surface area (TPSA) is 68.5 Å². The van der Waals surface area contributed by atoms with Gasteiger partial charge in [-0.3, -0.25) is 9.78 Å². The number of amides is 1. The average Bonchev–Trinajstić information content (AvgIpc) is 3.57. The standard InChI is InChI=1S/C26H34FN3O2/c1-3-17(2)24(28)15-30(20-8-10-21(11-9-20)32-16-18-5-4-6-18)26(31)23-13-22(23)25-12-7-19(27)14-29-25/h7-12,14,17-18,22-24H,3-6,13,15-16,28H2,1-2H3/t17-,22?,23+,24+/m0/s1. The molecule has 4 rings (SSSR count). The second kappa shape index (κ2) is 9.99. The lowest BCUT2D eigenvalue weighted by atomic mass is 9.86. The van der Waals surface area contributed by atoms with E-state index in [1.54, 1.807) is 6.07 Å². The van der Waals surface area contributed by atoms with E-state index in [0.717, 1.165) is 36.6 Å². The maximum Gasteiger partial charge on any atom is 0.230 e. The lowest BCUT2D eigenvalue weighted by molar-refractivity contribution is -0.120. The van der Waals surface area contributed by atoms with Crippen molar-refractivity contribution < 1.29 is 13.9 Å². The fraction of sp³-hybridized carbons (Fsp3) is 0.538. The van der Waals surface area contributed by atoms with Crippen LogP contribution in [0.2, 0.25) is 0 Å². The number of halogens is 1. The van der Waals surface area contributed by atoms with Crippen LogP contribution in [0.1, 0.15) is 57.6 Å². The van der Waals surface area contributed by atoms with E-state index in [1.165, 1.54) is 31.5 Å². The molecule has 1 amide bonds. The summed E-state index contributed by atoms with van der Waals surface area (Å²) in [5.74, 6) is 1.40. The van der Waals surface area contributed by atoms with Gasteiger partial charge in [0.1, 0.15) is 11.6 Å². The summed E-state index contributed by atoms with van der Waals surface area (Å²) in [6.07, 6.45) is 6.71. The zero-order chi connectivity index (χ0) is 22.7. The van der Waals surface area contributed by atoms with Gasteiger partial charge in [0.25, 0.3) is 0 Å².